The lowest BCUT2D eigenvalue weighted by Crippen LogP contribution is -2.30. The molecule has 84 valence electrons. The molecule has 0 bridgehead atoms. The van der Waals surface area contributed by atoms with E-state index in [0.717, 1.165) is 13.1 Å². The Morgan fingerprint density at radius 3 is 3.13 bits per heavy atom. The number of nitrogens with zero attached hydrogens (tertiary/aromatic N) is 1. The molecule has 0 aromatic carbocycles. The molecule has 1 atom stereocenters. The molecular weight excluding hydrogens is 212 g/mol. The van der Waals surface area contributed by atoms with Crippen molar-refractivity contribution < 1.29 is 9.47 Å². The second-order valence-corrected chi connectivity index (χ2v) is 5.02. The quantitative estimate of drug-likeness (QED) is 0.845. The molecule has 2 heterocycles. The van der Waals surface area contributed by atoms with Crippen LogP contribution in [-0.4, -0.2) is 30.0 Å². The monoisotopic (exact) mass is 228 g/mol. The number of aromatic nitrogens is 1. The molecule has 1 aliphatic heterocycles. The Balaban J connectivity index is 1.67. The van der Waals surface area contributed by atoms with Gasteiger partial charge in [0.25, 0.3) is 0 Å². The third-order valence-electron chi connectivity index (χ3n) is 2.22. The van der Waals surface area contributed by atoms with Gasteiger partial charge >= 0.3 is 0 Å². The smallest absolute Gasteiger partial charge is 0.163 e. The van der Waals surface area contributed by atoms with Crippen molar-refractivity contribution in [2.75, 3.05) is 13.2 Å². The Hall–Kier alpha value is -0.490. The first-order valence-corrected chi connectivity index (χ1v) is 5.93. The highest BCUT2D eigenvalue weighted by Crippen LogP contribution is 2.21. The van der Waals surface area contributed by atoms with Crippen molar-refractivity contribution in [3.8, 4) is 0 Å². The molecule has 0 aliphatic carbocycles. The number of nitrogens with one attached hydrogen (secondary N) is 1. The largest absolute Gasteiger partial charge is 0.348 e. The van der Waals surface area contributed by atoms with Crippen molar-refractivity contribution in [2.45, 2.75) is 32.3 Å². The van der Waals surface area contributed by atoms with Crippen molar-refractivity contribution in [3.05, 3.63) is 16.6 Å². The second kappa shape index (κ2) is 4.57. The van der Waals surface area contributed by atoms with Crippen molar-refractivity contribution in [3.63, 3.8) is 0 Å². The van der Waals surface area contributed by atoms with Crippen LogP contribution >= 0.6 is 11.3 Å². The fraction of sp³-hybridized carbons (Fsp3) is 0.700. The Labute approximate surface area is 93.6 Å². The maximum Gasteiger partial charge on any atom is 0.163 e. The van der Waals surface area contributed by atoms with E-state index in [4.69, 9.17) is 9.47 Å². The molecule has 1 N–H and O–H groups in total. The van der Waals surface area contributed by atoms with Crippen LogP contribution in [0.4, 0.5) is 0 Å². The van der Waals surface area contributed by atoms with Gasteiger partial charge in [0, 0.05) is 24.2 Å². The molecule has 0 amide bonds. The molecule has 1 aliphatic rings. The molecule has 0 radical (unpaired) electrons. The number of hydrogen-bond donors (Lipinski definition) is 1. The van der Waals surface area contributed by atoms with E-state index in [2.05, 4.69) is 10.3 Å². The Bertz CT molecular complexity index is 300. The first-order chi connectivity index (χ1) is 7.16. The van der Waals surface area contributed by atoms with E-state index >= 15 is 0 Å². The van der Waals surface area contributed by atoms with Gasteiger partial charge in [-0.3, -0.25) is 4.98 Å². The summed E-state index contributed by atoms with van der Waals surface area (Å²) in [5, 5.41) is 3.33. The lowest BCUT2D eigenvalue weighted by Gasteiger charge is -2.17. The normalized spacial score (nSPS) is 24.5. The van der Waals surface area contributed by atoms with Gasteiger partial charge in [0.15, 0.2) is 5.79 Å². The molecule has 1 aromatic heterocycles. The predicted octanol–water partition coefficient (Wildman–Crippen LogP) is 1.38. The molecule has 5 heteroatoms. The standard InChI is InChI=1S/C10H16N2O2S/c1-10(2)13-6-8(14-10)3-11-4-9-5-12-7-15-9/h5,7-8,11H,3-4,6H2,1-2H3. The number of rotatable bonds is 4. The summed E-state index contributed by atoms with van der Waals surface area (Å²) in [7, 11) is 0. The maximum absolute atomic E-state index is 5.67. The first-order valence-electron chi connectivity index (χ1n) is 5.05. The molecule has 15 heavy (non-hydrogen) atoms. The lowest BCUT2D eigenvalue weighted by atomic mass is 10.3. The van der Waals surface area contributed by atoms with E-state index in [-0.39, 0.29) is 6.10 Å². The summed E-state index contributed by atoms with van der Waals surface area (Å²) in [5.74, 6) is -0.420. The second-order valence-electron chi connectivity index (χ2n) is 4.05. The average Bonchev–Trinajstić information content (AvgIpc) is 2.76. The van der Waals surface area contributed by atoms with Crippen LogP contribution in [0, 0.1) is 0 Å². The van der Waals surface area contributed by atoms with Crippen LogP contribution < -0.4 is 5.32 Å². The van der Waals surface area contributed by atoms with Crippen LogP contribution in [0.1, 0.15) is 18.7 Å². The van der Waals surface area contributed by atoms with Crippen LogP contribution in [-0.2, 0) is 16.0 Å². The predicted molar refractivity (Wildman–Crippen MR) is 58.7 cm³/mol. The summed E-state index contributed by atoms with van der Waals surface area (Å²) in [6.07, 6.45) is 2.04. The Morgan fingerprint density at radius 1 is 1.67 bits per heavy atom. The zero-order valence-corrected chi connectivity index (χ0v) is 9.84. The molecule has 1 saturated heterocycles. The van der Waals surface area contributed by atoms with Crippen molar-refractivity contribution in [1.29, 1.82) is 0 Å². The molecule has 1 unspecified atom stereocenters. The van der Waals surface area contributed by atoms with Crippen molar-refractivity contribution in [2.24, 2.45) is 0 Å². The summed E-state index contributed by atoms with van der Waals surface area (Å²) in [4.78, 5) is 5.26. The van der Waals surface area contributed by atoms with Gasteiger partial charge in [0.1, 0.15) is 0 Å². The summed E-state index contributed by atoms with van der Waals surface area (Å²) < 4.78 is 11.1. The highest BCUT2D eigenvalue weighted by Gasteiger charge is 2.32. The minimum Gasteiger partial charge on any atom is -0.348 e. The lowest BCUT2D eigenvalue weighted by molar-refractivity contribution is -0.137. The van der Waals surface area contributed by atoms with Gasteiger partial charge < -0.3 is 14.8 Å². The van der Waals surface area contributed by atoms with Gasteiger partial charge in [-0.05, 0) is 13.8 Å². The van der Waals surface area contributed by atoms with Crippen molar-refractivity contribution in [1.82, 2.24) is 10.3 Å². The Kier molecular flexibility index (Phi) is 3.35. The molecule has 4 nitrogen and oxygen atoms in total. The van der Waals surface area contributed by atoms with Gasteiger partial charge in [0.2, 0.25) is 0 Å². The van der Waals surface area contributed by atoms with Gasteiger partial charge in [-0.2, -0.15) is 0 Å². The van der Waals surface area contributed by atoms with Gasteiger partial charge in [-0.15, -0.1) is 11.3 Å². The summed E-state index contributed by atoms with van der Waals surface area (Å²) in [5.41, 5.74) is 1.84. The van der Waals surface area contributed by atoms with Crippen LogP contribution in [0.5, 0.6) is 0 Å². The van der Waals surface area contributed by atoms with Gasteiger partial charge in [0.05, 0.1) is 18.2 Å². The number of ether oxygens (including phenoxy) is 2. The third kappa shape index (κ3) is 3.24. The van der Waals surface area contributed by atoms with Crippen LogP contribution in [0.25, 0.3) is 0 Å². The highest BCUT2D eigenvalue weighted by atomic mass is 32.1. The highest BCUT2D eigenvalue weighted by molar-refractivity contribution is 7.09. The van der Waals surface area contributed by atoms with E-state index in [1.165, 1.54) is 4.88 Å². The zero-order valence-electron chi connectivity index (χ0n) is 9.03. The minimum atomic E-state index is -0.420. The zero-order chi connectivity index (χ0) is 10.7. The molecule has 2 rings (SSSR count). The fourth-order valence-corrected chi connectivity index (χ4v) is 2.11. The number of hydrogen-bond acceptors (Lipinski definition) is 5. The summed E-state index contributed by atoms with van der Waals surface area (Å²) in [6.45, 7) is 6.22. The van der Waals surface area contributed by atoms with Gasteiger partial charge in [-0.25, -0.2) is 0 Å². The van der Waals surface area contributed by atoms with E-state index in [9.17, 15) is 0 Å². The number of thiazole rings is 1. The fourth-order valence-electron chi connectivity index (χ4n) is 1.55. The summed E-state index contributed by atoms with van der Waals surface area (Å²) in [6, 6.07) is 0. The maximum atomic E-state index is 5.67. The third-order valence-corrected chi connectivity index (χ3v) is 3.00. The summed E-state index contributed by atoms with van der Waals surface area (Å²) >= 11 is 1.66. The molecule has 0 saturated carbocycles. The van der Waals surface area contributed by atoms with E-state index in [1.54, 1.807) is 11.3 Å². The van der Waals surface area contributed by atoms with Crippen molar-refractivity contribution >= 4 is 11.3 Å². The molecule has 1 fully saturated rings. The van der Waals surface area contributed by atoms with Crippen LogP contribution in [0.2, 0.25) is 0 Å². The van der Waals surface area contributed by atoms with E-state index < -0.39 is 5.79 Å². The topological polar surface area (TPSA) is 43.4 Å². The first kappa shape index (κ1) is 11.0. The average molecular weight is 228 g/mol. The SMILES string of the molecule is CC1(C)OCC(CNCc2cncs2)O1. The molecular formula is C10H16N2O2S. The van der Waals surface area contributed by atoms with E-state index in [1.807, 2.05) is 25.6 Å². The van der Waals surface area contributed by atoms with Gasteiger partial charge in [-0.1, -0.05) is 0 Å². The van der Waals surface area contributed by atoms with Crippen LogP contribution in [0.3, 0.4) is 0 Å². The molecule has 1 aromatic rings. The Morgan fingerprint density at radius 2 is 2.53 bits per heavy atom. The minimum absolute atomic E-state index is 0.160. The van der Waals surface area contributed by atoms with E-state index in [0.29, 0.717) is 6.61 Å². The molecule has 0 spiro atoms. The van der Waals surface area contributed by atoms with Crippen LogP contribution in [0.15, 0.2) is 11.7 Å².